The fourth-order valence-corrected chi connectivity index (χ4v) is 4.02. The summed E-state index contributed by atoms with van der Waals surface area (Å²) in [6, 6.07) is 0. The van der Waals surface area contributed by atoms with Crippen LogP contribution in [-0.4, -0.2) is 34.2 Å². The summed E-state index contributed by atoms with van der Waals surface area (Å²) in [5.74, 6) is -2.30. The molecule has 2 amide bonds. The number of hydrogen-bond acceptors (Lipinski definition) is 6. The van der Waals surface area contributed by atoms with Crippen molar-refractivity contribution >= 4 is 50.1 Å². The minimum absolute atomic E-state index is 0.0136. The van der Waals surface area contributed by atoms with Crippen LogP contribution in [0.2, 0.25) is 0 Å². The first-order valence-electron chi connectivity index (χ1n) is 8.08. The molecule has 0 fully saturated rings. The molecule has 2 aromatic heterocycles. The molecule has 8 nitrogen and oxygen atoms in total. The number of primary amides is 1. The van der Waals surface area contributed by atoms with E-state index in [0.29, 0.717) is 0 Å². The van der Waals surface area contributed by atoms with Crippen molar-refractivity contribution < 1.29 is 32.3 Å². The highest BCUT2D eigenvalue weighted by Gasteiger charge is 2.38. The number of carbonyl (C=O) groups is 3. The van der Waals surface area contributed by atoms with E-state index in [2.05, 4.69) is 26.3 Å². The first-order valence-corrected chi connectivity index (χ1v) is 9.69. The van der Waals surface area contributed by atoms with E-state index in [9.17, 15) is 27.6 Å². The normalized spacial score (nSPS) is 11.4. The van der Waals surface area contributed by atoms with Gasteiger partial charge in [-0.2, -0.15) is 18.3 Å². The van der Waals surface area contributed by atoms with Gasteiger partial charge in [-0.25, -0.2) is 4.79 Å². The Balaban J connectivity index is 2.33. The van der Waals surface area contributed by atoms with E-state index in [4.69, 9.17) is 10.5 Å². The largest absolute Gasteiger partial charge is 0.462 e. The SMILES string of the molecule is CCOC(=O)c1c(NC(=O)Cn2nc(C(F)(F)F)c(Br)c2C)sc(C(N)=O)c1C. The highest BCUT2D eigenvalue weighted by molar-refractivity contribution is 9.10. The van der Waals surface area contributed by atoms with Crippen LogP contribution in [0, 0.1) is 13.8 Å². The molecule has 0 aromatic carbocycles. The number of aromatic nitrogens is 2. The van der Waals surface area contributed by atoms with Gasteiger partial charge in [-0.1, -0.05) is 0 Å². The number of nitrogens with zero attached hydrogens (tertiary/aromatic N) is 2. The van der Waals surface area contributed by atoms with Gasteiger partial charge in [0.2, 0.25) is 5.91 Å². The van der Waals surface area contributed by atoms with Gasteiger partial charge in [0.25, 0.3) is 5.91 Å². The second-order valence-corrected chi connectivity index (χ2v) is 7.61. The summed E-state index contributed by atoms with van der Waals surface area (Å²) < 4.78 is 44.4. The molecular formula is C16H16BrF3N4O4S. The third-order valence-electron chi connectivity index (χ3n) is 3.80. The van der Waals surface area contributed by atoms with E-state index in [0.717, 1.165) is 16.0 Å². The van der Waals surface area contributed by atoms with Crippen LogP contribution in [0.4, 0.5) is 18.2 Å². The Hall–Kier alpha value is -2.41. The fourth-order valence-electron chi connectivity index (χ4n) is 2.45. The molecule has 0 spiro atoms. The molecule has 0 saturated heterocycles. The molecule has 13 heteroatoms. The quantitative estimate of drug-likeness (QED) is 0.595. The van der Waals surface area contributed by atoms with Crippen LogP contribution in [0.1, 0.15) is 43.9 Å². The van der Waals surface area contributed by atoms with Gasteiger partial charge in [-0.05, 0) is 42.3 Å². The average Bonchev–Trinajstić information content (AvgIpc) is 3.06. The zero-order valence-corrected chi connectivity index (χ0v) is 17.8. The Morgan fingerprint density at radius 3 is 2.41 bits per heavy atom. The number of anilines is 1. The summed E-state index contributed by atoms with van der Waals surface area (Å²) in [5, 5.41) is 5.86. The predicted octanol–water partition coefficient (Wildman–Crippen LogP) is 3.26. The number of nitrogens with one attached hydrogen (secondary N) is 1. The molecule has 0 aliphatic heterocycles. The second kappa shape index (κ2) is 8.53. The lowest BCUT2D eigenvalue weighted by molar-refractivity contribution is -0.142. The molecule has 29 heavy (non-hydrogen) atoms. The van der Waals surface area contributed by atoms with E-state index in [1.165, 1.54) is 13.8 Å². The highest BCUT2D eigenvalue weighted by Crippen LogP contribution is 2.36. The van der Waals surface area contributed by atoms with E-state index >= 15 is 0 Å². The van der Waals surface area contributed by atoms with Crippen LogP contribution >= 0.6 is 27.3 Å². The third-order valence-corrected chi connectivity index (χ3v) is 5.97. The van der Waals surface area contributed by atoms with Gasteiger partial charge >= 0.3 is 12.1 Å². The van der Waals surface area contributed by atoms with Crippen molar-refractivity contribution in [3.05, 3.63) is 31.9 Å². The van der Waals surface area contributed by atoms with Crippen molar-refractivity contribution in [2.75, 3.05) is 11.9 Å². The van der Waals surface area contributed by atoms with Crippen molar-refractivity contribution in [3.8, 4) is 0 Å². The smallest absolute Gasteiger partial charge is 0.436 e. The standard InChI is InChI=1S/C16H16BrF3N4O4S/c1-4-28-15(27)9-6(2)11(13(21)26)29-14(9)22-8(25)5-24-7(3)10(17)12(23-24)16(18,19)20/h4-5H2,1-3H3,(H2,21,26)(H,22,25). The summed E-state index contributed by atoms with van der Waals surface area (Å²) >= 11 is 3.60. The Morgan fingerprint density at radius 2 is 1.93 bits per heavy atom. The molecule has 0 unspecified atom stereocenters. The number of esters is 1. The minimum Gasteiger partial charge on any atom is -0.462 e. The van der Waals surface area contributed by atoms with Crippen LogP contribution in [0.15, 0.2) is 4.47 Å². The van der Waals surface area contributed by atoms with Crippen LogP contribution in [0.5, 0.6) is 0 Å². The van der Waals surface area contributed by atoms with Crippen LogP contribution < -0.4 is 11.1 Å². The number of nitrogens with two attached hydrogens (primary N) is 1. The summed E-state index contributed by atoms with van der Waals surface area (Å²) in [5.41, 5.74) is 4.44. The Kier molecular flexibility index (Phi) is 6.73. The topological polar surface area (TPSA) is 116 Å². The summed E-state index contributed by atoms with van der Waals surface area (Å²) in [7, 11) is 0. The molecule has 3 N–H and O–H groups in total. The number of thiophene rings is 1. The van der Waals surface area contributed by atoms with Gasteiger partial charge in [0, 0.05) is 0 Å². The first-order chi connectivity index (χ1) is 13.4. The molecule has 2 rings (SSSR count). The van der Waals surface area contributed by atoms with Gasteiger partial charge < -0.3 is 15.8 Å². The molecule has 158 valence electrons. The van der Waals surface area contributed by atoms with Gasteiger partial charge in [0.05, 0.1) is 27.2 Å². The Morgan fingerprint density at radius 1 is 1.31 bits per heavy atom. The lowest BCUT2D eigenvalue weighted by atomic mass is 10.1. The van der Waals surface area contributed by atoms with Gasteiger partial charge in [0.1, 0.15) is 11.5 Å². The first kappa shape index (κ1) is 22.9. The number of ether oxygens (including phenoxy) is 1. The molecule has 2 heterocycles. The fraction of sp³-hybridized carbons (Fsp3) is 0.375. The molecule has 0 bridgehead atoms. The maximum Gasteiger partial charge on any atom is 0.436 e. The van der Waals surface area contributed by atoms with Gasteiger partial charge in [-0.3, -0.25) is 14.3 Å². The van der Waals surface area contributed by atoms with Crippen molar-refractivity contribution in [1.82, 2.24) is 9.78 Å². The number of halogens is 4. The third kappa shape index (κ3) is 4.78. The maximum absolute atomic E-state index is 13.0. The van der Waals surface area contributed by atoms with E-state index in [1.807, 2.05) is 0 Å². The predicted molar refractivity (Wildman–Crippen MR) is 102 cm³/mol. The van der Waals surface area contributed by atoms with E-state index in [1.54, 1.807) is 6.92 Å². The molecule has 0 aliphatic carbocycles. The van der Waals surface area contributed by atoms with E-state index < -0.39 is 36.2 Å². The highest BCUT2D eigenvalue weighted by atomic mass is 79.9. The number of carbonyl (C=O) groups excluding carboxylic acids is 3. The van der Waals surface area contributed by atoms with Crippen LogP contribution in [0.3, 0.4) is 0 Å². The molecule has 0 atom stereocenters. The molecule has 0 aliphatic rings. The summed E-state index contributed by atoms with van der Waals surface area (Å²) in [4.78, 5) is 36.2. The number of alkyl halides is 3. The zero-order chi connectivity index (χ0) is 22.1. The minimum atomic E-state index is -4.69. The van der Waals surface area contributed by atoms with Gasteiger partial charge in [-0.15, -0.1) is 11.3 Å². The lowest BCUT2D eigenvalue weighted by Gasteiger charge is -2.08. The summed E-state index contributed by atoms with van der Waals surface area (Å²) in [6.07, 6.45) is -4.69. The second-order valence-electron chi connectivity index (χ2n) is 5.80. The Labute approximate surface area is 175 Å². The lowest BCUT2D eigenvalue weighted by Crippen LogP contribution is -2.21. The van der Waals surface area contributed by atoms with E-state index in [-0.39, 0.29) is 37.8 Å². The van der Waals surface area contributed by atoms with Crippen molar-refractivity contribution in [2.45, 2.75) is 33.5 Å². The molecule has 2 aromatic rings. The number of amides is 2. The van der Waals surface area contributed by atoms with Crippen molar-refractivity contribution in [1.29, 1.82) is 0 Å². The monoisotopic (exact) mass is 496 g/mol. The van der Waals surface area contributed by atoms with Crippen LogP contribution in [-0.2, 0) is 22.3 Å². The number of rotatable bonds is 6. The number of hydrogen-bond donors (Lipinski definition) is 2. The average molecular weight is 497 g/mol. The van der Waals surface area contributed by atoms with Crippen molar-refractivity contribution in [2.24, 2.45) is 5.73 Å². The molecular weight excluding hydrogens is 481 g/mol. The summed E-state index contributed by atoms with van der Waals surface area (Å²) in [6.45, 7) is 3.94. The zero-order valence-electron chi connectivity index (χ0n) is 15.4. The Bertz CT molecular complexity index is 984. The molecule has 0 radical (unpaired) electrons. The maximum atomic E-state index is 13.0. The molecule has 0 saturated carbocycles. The van der Waals surface area contributed by atoms with Gasteiger partial charge in [0.15, 0.2) is 5.69 Å². The van der Waals surface area contributed by atoms with Crippen molar-refractivity contribution in [3.63, 3.8) is 0 Å². The van der Waals surface area contributed by atoms with Crippen LogP contribution in [0.25, 0.3) is 0 Å².